The van der Waals surface area contributed by atoms with Crippen LogP contribution in [0, 0.1) is 0 Å². The fourth-order valence-corrected chi connectivity index (χ4v) is 3.49. The molecule has 0 radical (unpaired) electrons. The van der Waals surface area contributed by atoms with Crippen molar-refractivity contribution in [3.63, 3.8) is 0 Å². The molecule has 3 aliphatic rings. The van der Waals surface area contributed by atoms with Gasteiger partial charge < -0.3 is 23.7 Å². The molecule has 3 heterocycles. The van der Waals surface area contributed by atoms with E-state index in [0.717, 1.165) is 11.1 Å². The van der Waals surface area contributed by atoms with Crippen LogP contribution in [-0.4, -0.2) is 37.3 Å². The van der Waals surface area contributed by atoms with Gasteiger partial charge >= 0.3 is 0 Å². The van der Waals surface area contributed by atoms with Gasteiger partial charge in [-0.3, -0.25) is 0 Å². The third-order valence-electron chi connectivity index (χ3n) is 4.85. The minimum atomic E-state index is -0.369. The fourth-order valence-electron chi connectivity index (χ4n) is 3.49. The third-order valence-corrected chi connectivity index (χ3v) is 4.85. The summed E-state index contributed by atoms with van der Waals surface area (Å²) >= 11 is 0. The summed E-state index contributed by atoms with van der Waals surface area (Å²) in [6, 6.07) is 20.0. The molecule has 2 aromatic rings. The van der Waals surface area contributed by atoms with Crippen molar-refractivity contribution in [3.8, 4) is 0 Å². The standard InChI is InChI=1S/C20H20O5/c1-3-7-13(8-4-1)11-21-20-18-17(24-18)16-15(23-20)12-22-19(25-16)14-9-5-2-6-10-14/h1-10,15-20H,11-12H2/t15-,16-,17+,18+,19?,20+/m1/s1. The molecule has 0 bridgehead atoms. The Labute approximate surface area is 146 Å². The molecule has 5 rings (SSSR count). The van der Waals surface area contributed by atoms with Gasteiger partial charge in [0.15, 0.2) is 12.6 Å². The Kier molecular flexibility index (Phi) is 4.04. The topological polar surface area (TPSA) is 49.5 Å². The van der Waals surface area contributed by atoms with Gasteiger partial charge in [-0.05, 0) is 5.56 Å². The molecule has 0 saturated carbocycles. The number of hydrogen-bond acceptors (Lipinski definition) is 5. The lowest BCUT2D eigenvalue weighted by Gasteiger charge is -2.39. The Bertz CT molecular complexity index is 707. The third kappa shape index (κ3) is 3.10. The van der Waals surface area contributed by atoms with E-state index in [1.807, 2.05) is 60.7 Å². The lowest BCUT2D eigenvalue weighted by Crippen LogP contribution is -2.52. The SMILES string of the molecule is c1ccc(CO[C@H]2O[C@@H]3COC(c4ccccc4)O[C@H]3[C@@H]3O[C@H]23)cc1. The first kappa shape index (κ1) is 15.5. The van der Waals surface area contributed by atoms with Gasteiger partial charge in [-0.15, -0.1) is 0 Å². The Morgan fingerprint density at radius 1 is 0.800 bits per heavy atom. The Morgan fingerprint density at radius 2 is 1.56 bits per heavy atom. The molecule has 130 valence electrons. The van der Waals surface area contributed by atoms with Crippen molar-refractivity contribution in [3.05, 3.63) is 71.8 Å². The second-order valence-electron chi connectivity index (χ2n) is 6.58. The zero-order valence-corrected chi connectivity index (χ0v) is 13.7. The van der Waals surface area contributed by atoms with Gasteiger partial charge in [-0.1, -0.05) is 60.7 Å². The average molecular weight is 340 g/mol. The predicted molar refractivity (Wildman–Crippen MR) is 88.6 cm³/mol. The summed E-state index contributed by atoms with van der Waals surface area (Å²) in [6.07, 6.45) is -1.04. The van der Waals surface area contributed by atoms with Gasteiger partial charge in [-0.25, -0.2) is 0 Å². The monoisotopic (exact) mass is 340 g/mol. The van der Waals surface area contributed by atoms with E-state index in [1.165, 1.54) is 0 Å². The molecule has 6 atom stereocenters. The highest BCUT2D eigenvalue weighted by Gasteiger charge is 2.60. The highest BCUT2D eigenvalue weighted by atomic mass is 16.8. The maximum Gasteiger partial charge on any atom is 0.187 e. The van der Waals surface area contributed by atoms with Gasteiger partial charge in [0.05, 0.1) is 13.2 Å². The Morgan fingerprint density at radius 3 is 2.36 bits per heavy atom. The van der Waals surface area contributed by atoms with Gasteiger partial charge in [-0.2, -0.15) is 0 Å². The first-order valence-corrected chi connectivity index (χ1v) is 8.67. The number of epoxide rings is 1. The van der Waals surface area contributed by atoms with E-state index in [2.05, 4.69) is 0 Å². The first-order chi connectivity index (χ1) is 12.4. The van der Waals surface area contributed by atoms with Crippen LogP contribution in [-0.2, 0) is 30.3 Å². The molecule has 0 N–H and O–H groups in total. The molecular weight excluding hydrogens is 320 g/mol. The summed E-state index contributed by atoms with van der Waals surface area (Å²) in [5.41, 5.74) is 2.13. The summed E-state index contributed by atoms with van der Waals surface area (Å²) in [6.45, 7) is 0.978. The van der Waals surface area contributed by atoms with Crippen molar-refractivity contribution in [2.24, 2.45) is 0 Å². The normalized spacial score (nSPS) is 36.3. The molecule has 0 spiro atoms. The van der Waals surface area contributed by atoms with Gasteiger partial charge in [0.1, 0.15) is 24.4 Å². The molecular formula is C20H20O5. The maximum absolute atomic E-state index is 6.11. The maximum atomic E-state index is 6.11. The predicted octanol–water partition coefficient (Wildman–Crippen LogP) is 2.81. The Hall–Kier alpha value is -1.76. The van der Waals surface area contributed by atoms with Crippen LogP contribution in [0.5, 0.6) is 0 Å². The quantitative estimate of drug-likeness (QED) is 0.801. The molecule has 3 aliphatic heterocycles. The van der Waals surface area contributed by atoms with E-state index in [1.54, 1.807) is 0 Å². The second kappa shape index (κ2) is 6.52. The molecule has 3 saturated heterocycles. The van der Waals surface area contributed by atoms with Gasteiger partial charge in [0.2, 0.25) is 0 Å². The molecule has 25 heavy (non-hydrogen) atoms. The number of benzene rings is 2. The lowest BCUT2D eigenvalue weighted by atomic mass is 10.0. The molecule has 3 fully saturated rings. The van der Waals surface area contributed by atoms with Crippen LogP contribution in [0.15, 0.2) is 60.7 Å². The summed E-state index contributed by atoms with van der Waals surface area (Å²) in [7, 11) is 0. The van der Waals surface area contributed by atoms with E-state index in [9.17, 15) is 0 Å². The van der Waals surface area contributed by atoms with Crippen molar-refractivity contribution in [1.29, 1.82) is 0 Å². The highest BCUT2D eigenvalue weighted by Crippen LogP contribution is 2.43. The molecule has 2 aromatic carbocycles. The van der Waals surface area contributed by atoms with E-state index in [-0.39, 0.29) is 37.0 Å². The zero-order chi connectivity index (χ0) is 16.6. The van der Waals surface area contributed by atoms with Crippen LogP contribution in [0.4, 0.5) is 0 Å². The molecule has 5 heteroatoms. The van der Waals surface area contributed by atoms with Crippen LogP contribution in [0.25, 0.3) is 0 Å². The summed E-state index contributed by atoms with van der Waals surface area (Å²) in [5, 5.41) is 0. The van der Waals surface area contributed by atoms with Crippen LogP contribution in [0.2, 0.25) is 0 Å². The molecule has 5 nitrogen and oxygen atoms in total. The second-order valence-corrected chi connectivity index (χ2v) is 6.58. The molecule has 0 amide bonds. The summed E-state index contributed by atoms with van der Waals surface area (Å²) in [4.78, 5) is 0. The number of rotatable bonds is 4. The van der Waals surface area contributed by atoms with E-state index >= 15 is 0 Å². The van der Waals surface area contributed by atoms with Crippen molar-refractivity contribution >= 4 is 0 Å². The Balaban J connectivity index is 1.22. The van der Waals surface area contributed by atoms with Crippen LogP contribution < -0.4 is 0 Å². The van der Waals surface area contributed by atoms with Crippen molar-refractivity contribution < 1.29 is 23.7 Å². The van der Waals surface area contributed by atoms with E-state index in [0.29, 0.717) is 13.2 Å². The van der Waals surface area contributed by atoms with E-state index in [4.69, 9.17) is 23.7 Å². The summed E-state index contributed by atoms with van der Waals surface area (Å²) < 4.78 is 29.7. The largest absolute Gasteiger partial charge is 0.361 e. The highest BCUT2D eigenvalue weighted by molar-refractivity contribution is 5.17. The van der Waals surface area contributed by atoms with Crippen molar-refractivity contribution in [2.75, 3.05) is 6.61 Å². The molecule has 1 unspecified atom stereocenters. The number of ether oxygens (including phenoxy) is 5. The number of fused-ring (bicyclic) bond motifs is 3. The first-order valence-electron chi connectivity index (χ1n) is 8.67. The lowest BCUT2D eigenvalue weighted by molar-refractivity contribution is -0.308. The van der Waals surface area contributed by atoms with Gasteiger partial charge in [0, 0.05) is 5.56 Å². The minimum absolute atomic E-state index is 0.0228. The summed E-state index contributed by atoms with van der Waals surface area (Å²) in [5.74, 6) is 0. The van der Waals surface area contributed by atoms with Crippen LogP contribution in [0.1, 0.15) is 17.4 Å². The van der Waals surface area contributed by atoms with Crippen molar-refractivity contribution in [1.82, 2.24) is 0 Å². The van der Waals surface area contributed by atoms with Crippen LogP contribution >= 0.6 is 0 Å². The fraction of sp³-hybridized carbons (Fsp3) is 0.400. The zero-order valence-electron chi connectivity index (χ0n) is 13.7. The molecule has 0 aromatic heterocycles. The van der Waals surface area contributed by atoms with E-state index < -0.39 is 0 Å². The minimum Gasteiger partial charge on any atom is -0.361 e. The van der Waals surface area contributed by atoms with Crippen molar-refractivity contribution in [2.45, 2.75) is 43.6 Å². The molecule has 0 aliphatic carbocycles. The average Bonchev–Trinajstić information content (AvgIpc) is 3.49. The number of hydrogen-bond donors (Lipinski definition) is 0. The van der Waals surface area contributed by atoms with Crippen LogP contribution in [0.3, 0.4) is 0 Å². The van der Waals surface area contributed by atoms with Gasteiger partial charge in [0.25, 0.3) is 0 Å². The smallest absolute Gasteiger partial charge is 0.187 e.